The average Bonchev–Trinajstić information content (AvgIpc) is 2.15. The van der Waals surface area contributed by atoms with Gasteiger partial charge in [-0.1, -0.05) is 23.8 Å². The maximum atomic E-state index is 5.33. The zero-order chi connectivity index (χ0) is 10.6. The Balaban J connectivity index is 2.99. The van der Waals surface area contributed by atoms with Crippen LogP contribution < -0.4 is 5.32 Å². The van der Waals surface area contributed by atoms with Gasteiger partial charge in [0.2, 0.25) is 0 Å². The highest BCUT2D eigenvalue weighted by Crippen LogP contribution is 2.20. The Kier molecular flexibility index (Phi) is 3.73. The monoisotopic (exact) mass is 187 g/mol. The molecule has 0 bridgehead atoms. The summed E-state index contributed by atoms with van der Waals surface area (Å²) in [6.07, 6.45) is 6.07. The van der Waals surface area contributed by atoms with Gasteiger partial charge in [0.15, 0.2) is 0 Å². The van der Waals surface area contributed by atoms with Gasteiger partial charge in [0.25, 0.3) is 0 Å². The molecule has 0 heterocycles. The van der Waals surface area contributed by atoms with Crippen LogP contribution in [0.3, 0.4) is 0 Å². The van der Waals surface area contributed by atoms with E-state index in [1.807, 2.05) is 7.05 Å². The van der Waals surface area contributed by atoms with Crippen LogP contribution in [0.2, 0.25) is 0 Å². The van der Waals surface area contributed by atoms with Crippen molar-refractivity contribution in [2.75, 3.05) is 7.05 Å². The highest BCUT2D eigenvalue weighted by Gasteiger charge is 2.09. The Morgan fingerprint density at radius 3 is 2.64 bits per heavy atom. The van der Waals surface area contributed by atoms with Crippen molar-refractivity contribution in [1.82, 2.24) is 5.32 Å². The van der Waals surface area contributed by atoms with E-state index >= 15 is 0 Å². The summed E-state index contributed by atoms with van der Waals surface area (Å²) in [4.78, 5) is 0. The summed E-state index contributed by atoms with van der Waals surface area (Å²) in [7, 11) is 1.95. The van der Waals surface area contributed by atoms with Crippen molar-refractivity contribution in [2.24, 2.45) is 0 Å². The number of rotatable bonds is 3. The number of nitrogens with one attached hydrogen (secondary N) is 1. The molecule has 0 spiro atoms. The highest BCUT2D eigenvalue weighted by atomic mass is 14.9. The van der Waals surface area contributed by atoms with Crippen LogP contribution in [0.5, 0.6) is 0 Å². The average molecular weight is 187 g/mol. The van der Waals surface area contributed by atoms with Gasteiger partial charge >= 0.3 is 0 Å². The van der Waals surface area contributed by atoms with Gasteiger partial charge in [0.1, 0.15) is 0 Å². The van der Waals surface area contributed by atoms with Crippen LogP contribution in [-0.4, -0.2) is 7.05 Å². The second-order valence-electron chi connectivity index (χ2n) is 3.61. The van der Waals surface area contributed by atoms with Gasteiger partial charge in [0, 0.05) is 12.5 Å². The molecular formula is C13H17N. The van der Waals surface area contributed by atoms with Crippen LogP contribution in [-0.2, 0) is 0 Å². The van der Waals surface area contributed by atoms with Crippen molar-refractivity contribution in [1.29, 1.82) is 0 Å². The van der Waals surface area contributed by atoms with Crippen LogP contribution >= 0.6 is 0 Å². The van der Waals surface area contributed by atoms with Gasteiger partial charge in [-0.05, 0) is 32.0 Å². The summed E-state index contributed by atoms with van der Waals surface area (Å²) in [6.45, 7) is 4.23. The molecule has 1 rings (SSSR count). The normalized spacial score (nSPS) is 12.1. The lowest BCUT2D eigenvalue weighted by Crippen LogP contribution is -2.16. The van der Waals surface area contributed by atoms with E-state index in [0.29, 0.717) is 0 Å². The summed E-state index contributed by atoms with van der Waals surface area (Å²) in [5.41, 5.74) is 3.90. The molecule has 0 saturated carbocycles. The summed E-state index contributed by atoms with van der Waals surface area (Å²) < 4.78 is 0. The standard InChI is InChI=1S/C13H17N/c1-5-6-13(14-4)12-8-7-10(2)9-11(12)3/h1,7-9,13-14H,6H2,2-4H3. The number of hydrogen-bond donors (Lipinski definition) is 1. The van der Waals surface area contributed by atoms with Crippen molar-refractivity contribution in [2.45, 2.75) is 26.3 Å². The molecule has 74 valence electrons. The lowest BCUT2D eigenvalue weighted by molar-refractivity contribution is 0.608. The van der Waals surface area contributed by atoms with Crippen LogP contribution in [0.25, 0.3) is 0 Å². The molecule has 1 aromatic rings. The quantitative estimate of drug-likeness (QED) is 0.717. The first-order valence-electron chi connectivity index (χ1n) is 4.87. The molecule has 0 radical (unpaired) electrons. The van der Waals surface area contributed by atoms with Gasteiger partial charge in [-0.2, -0.15) is 0 Å². The van der Waals surface area contributed by atoms with Gasteiger partial charge < -0.3 is 5.32 Å². The summed E-state index contributed by atoms with van der Waals surface area (Å²) in [5, 5.41) is 3.24. The molecule has 0 aliphatic rings. The van der Waals surface area contributed by atoms with Crippen LogP contribution in [0, 0.1) is 26.2 Å². The zero-order valence-corrected chi connectivity index (χ0v) is 9.09. The van der Waals surface area contributed by atoms with E-state index in [2.05, 4.69) is 43.3 Å². The third-order valence-corrected chi connectivity index (χ3v) is 2.47. The fraction of sp³-hybridized carbons (Fsp3) is 0.385. The first-order chi connectivity index (χ1) is 6.69. The fourth-order valence-corrected chi connectivity index (χ4v) is 1.70. The molecule has 1 unspecified atom stereocenters. The van der Waals surface area contributed by atoms with Crippen LogP contribution in [0.4, 0.5) is 0 Å². The Morgan fingerprint density at radius 2 is 2.14 bits per heavy atom. The van der Waals surface area contributed by atoms with Crippen LogP contribution in [0.15, 0.2) is 18.2 Å². The van der Waals surface area contributed by atoms with E-state index in [4.69, 9.17) is 6.42 Å². The van der Waals surface area contributed by atoms with Gasteiger partial charge in [-0.3, -0.25) is 0 Å². The lowest BCUT2D eigenvalue weighted by atomic mass is 9.97. The lowest BCUT2D eigenvalue weighted by Gasteiger charge is -2.16. The molecule has 0 aliphatic carbocycles. The highest BCUT2D eigenvalue weighted by molar-refractivity contribution is 5.33. The third kappa shape index (κ3) is 2.37. The van der Waals surface area contributed by atoms with Gasteiger partial charge in [-0.25, -0.2) is 0 Å². The van der Waals surface area contributed by atoms with Gasteiger partial charge in [0.05, 0.1) is 0 Å². The van der Waals surface area contributed by atoms with Gasteiger partial charge in [-0.15, -0.1) is 12.3 Å². The Hall–Kier alpha value is -1.26. The maximum Gasteiger partial charge on any atom is 0.0430 e. The molecule has 1 N–H and O–H groups in total. The zero-order valence-electron chi connectivity index (χ0n) is 9.09. The molecular weight excluding hydrogens is 170 g/mol. The molecule has 0 fully saturated rings. The van der Waals surface area contributed by atoms with E-state index in [0.717, 1.165) is 6.42 Å². The van der Waals surface area contributed by atoms with E-state index < -0.39 is 0 Å². The predicted molar refractivity (Wildman–Crippen MR) is 61.2 cm³/mol. The Labute approximate surface area is 86.5 Å². The van der Waals surface area contributed by atoms with Crippen molar-refractivity contribution in [3.05, 3.63) is 34.9 Å². The smallest absolute Gasteiger partial charge is 0.0430 e. The molecule has 1 nitrogen and oxygen atoms in total. The molecule has 0 saturated heterocycles. The van der Waals surface area contributed by atoms with Crippen molar-refractivity contribution < 1.29 is 0 Å². The number of benzene rings is 1. The first kappa shape index (κ1) is 10.8. The minimum atomic E-state index is 0.278. The minimum absolute atomic E-state index is 0.278. The fourth-order valence-electron chi connectivity index (χ4n) is 1.70. The van der Waals surface area contributed by atoms with Crippen molar-refractivity contribution >= 4 is 0 Å². The number of hydrogen-bond acceptors (Lipinski definition) is 1. The third-order valence-electron chi connectivity index (χ3n) is 2.47. The summed E-state index contributed by atoms with van der Waals surface area (Å²) >= 11 is 0. The molecule has 14 heavy (non-hydrogen) atoms. The Morgan fingerprint density at radius 1 is 1.43 bits per heavy atom. The second kappa shape index (κ2) is 4.83. The molecule has 0 aliphatic heterocycles. The number of aryl methyl sites for hydroxylation is 2. The molecule has 0 amide bonds. The van der Waals surface area contributed by atoms with E-state index in [1.165, 1.54) is 16.7 Å². The summed E-state index contributed by atoms with van der Waals surface area (Å²) in [5.74, 6) is 2.70. The first-order valence-corrected chi connectivity index (χ1v) is 4.87. The Bertz CT molecular complexity index is 347. The van der Waals surface area contributed by atoms with E-state index in [1.54, 1.807) is 0 Å². The SMILES string of the molecule is C#CCC(NC)c1ccc(C)cc1C. The number of terminal acetylenes is 1. The molecule has 1 atom stereocenters. The van der Waals surface area contributed by atoms with Crippen LogP contribution in [0.1, 0.15) is 29.2 Å². The van der Waals surface area contributed by atoms with Crippen molar-refractivity contribution in [3.8, 4) is 12.3 Å². The maximum absolute atomic E-state index is 5.33. The molecule has 0 aromatic heterocycles. The topological polar surface area (TPSA) is 12.0 Å². The van der Waals surface area contributed by atoms with E-state index in [-0.39, 0.29) is 6.04 Å². The summed E-state index contributed by atoms with van der Waals surface area (Å²) in [6, 6.07) is 6.75. The molecule has 1 heteroatoms. The van der Waals surface area contributed by atoms with E-state index in [9.17, 15) is 0 Å². The minimum Gasteiger partial charge on any atom is -0.312 e. The predicted octanol–water partition coefficient (Wildman–Crippen LogP) is 2.59. The molecule has 1 aromatic carbocycles. The van der Waals surface area contributed by atoms with Crippen molar-refractivity contribution in [3.63, 3.8) is 0 Å². The second-order valence-corrected chi connectivity index (χ2v) is 3.61. The largest absolute Gasteiger partial charge is 0.312 e.